The van der Waals surface area contributed by atoms with Gasteiger partial charge in [-0.1, -0.05) is 67.9 Å². The molecule has 13 heteroatoms. The van der Waals surface area contributed by atoms with Crippen molar-refractivity contribution in [3.05, 3.63) is 22.2 Å². The summed E-state index contributed by atoms with van der Waals surface area (Å²) in [6, 6.07) is 0. The second kappa shape index (κ2) is 14.6. The molecule has 5 fully saturated rings. The van der Waals surface area contributed by atoms with Crippen molar-refractivity contribution in [1.82, 2.24) is 15.6 Å². The summed E-state index contributed by atoms with van der Waals surface area (Å²) in [5.41, 5.74) is 4.67. The summed E-state index contributed by atoms with van der Waals surface area (Å²) in [5, 5.41) is 29.4. The number of thiazole rings is 1. The summed E-state index contributed by atoms with van der Waals surface area (Å²) in [4.78, 5) is 70.1. The van der Waals surface area contributed by atoms with E-state index in [-0.39, 0.29) is 75.1 Å². The van der Waals surface area contributed by atoms with Crippen molar-refractivity contribution in [2.24, 2.45) is 68.0 Å². The van der Waals surface area contributed by atoms with E-state index in [0.717, 1.165) is 67.4 Å². The molecule has 6 aliphatic carbocycles. The fourth-order valence-corrected chi connectivity index (χ4v) is 15.2. The lowest BCUT2D eigenvalue weighted by atomic mass is 9.33. The lowest BCUT2D eigenvalue weighted by Gasteiger charge is -2.72. The average molecular weight is 851 g/mol. The molecule has 0 aliphatic heterocycles. The smallest absolute Gasteiger partial charge is 0.309 e. The molecule has 1 aromatic heterocycles. The topological polar surface area (TPSA) is 198 Å². The van der Waals surface area contributed by atoms with Crippen LogP contribution in [-0.4, -0.2) is 69.0 Å². The molecule has 2 amide bonds. The van der Waals surface area contributed by atoms with Gasteiger partial charge in [-0.15, -0.1) is 11.3 Å². The summed E-state index contributed by atoms with van der Waals surface area (Å²) < 4.78 is 6.40. The van der Waals surface area contributed by atoms with Crippen LogP contribution in [0.25, 0.3) is 0 Å². The molecule has 7 rings (SSSR count). The predicted octanol–water partition coefficient (Wildman–Crippen LogP) is 7.35. The molecule has 12 nitrogen and oxygen atoms in total. The van der Waals surface area contributed by atoms with Gasteiger partial charge in [-0.25, -0.2) is 4.98 Å². The van der Waals surface area contributed by atoms with Crippen LogP contribution in [-0.2, 0) is 23.9 Å². The number of hydrogen-bond donors (Lipinski definition) is 5. The third-order valence-corrected chi connectivity index (χ3v) is 19.0. The normalized spacial score (nSPS) is 38.4. The zero-order valence-electron chi connectivity index (χ0n) is 37.8. The molecule has 0 aromatic carbocycles. The van der Waals surface area contributed by atoms with Crippen LogP contribution in [0, 0.1) is 68.0 Å². The second-order valence-corrected chi connectivity index (χ2v) is 23.4. The van der Waals surface area contributed by atoms with Gasteiger partial charge < -0.3 is 31.3 Å². The number of Topliss-reactive ketones (excluding diaryl/α,β-unsaturated/α-hetero) is 1. The SMILES string of the molecule is CC(C)C1=C2[C@H]3CC[C@@H]4[C@@]5(C)CC[C@H](OC(=O)[C@H]6C[C@@H](C(=O)O)C6(C)C)C(C)(C)[C@@H]5CC[C@@]4(C)[C@]3(C)CC[C@@]2([C@@H](O)CNC(=O)C(C)(C)NC(=O)c2csc(N)n2)CC1=O. The second-order valence-electron chi connectivity index (χ2n) is 22.5. The molecule has 1 aromatic rings. The molecule has 0 spiro atoms. The maximum atomic E-state index is 14.2. The van der Waals surface area contributed by atoms with Crippen molar-refractivity contribution in [3.8, 4) is 0 Å². The Morgan fingerprint density at radius 1 is 0.933 bits per heavy atom. The molecule has 0 bridgehead atoms. The van der Waals surface area contributed by atoms with Gasteiger partial charge in [0.15, 0.2) is 10.9 Å². The Hall–Kier alpha value is -3.32. The van der Waals surface area contributed by atoms with Gasteiger partial charge in [0.25, 0.3) is 5.91 Å². The number of nitrogens with zero attached hydrogens (tertiary/aromatic N) is 1. The van der Waals surface area contributed by atoms with E-state index in [4.69, 9.17) is 10.5 Å². The van der Waals surface area contributed by atoms with Crippen LogP contribution in [0.5, 0.6) is 0 Å². The Bertz CT molecular complexity index is 2000. The molecular formula is C47H70N4O8S. The van der Waals surface area contributed by atoms with E-state index in [1.807, 2.05) is 13.8 Å². The quantitative estimate of drug-likeness (QED) is 0.148. The number of nitrogen functional groups attached to an aromatic ring is 1. The van der Waals surface area contributed by atoms with Gasteiger partial charge in [0.05, 0.1) is 17.9 Å². The average Bonchev–Trinajstić information content (AvgIpc) is 3.72. The van der Waals surface area contributed by atoms with E-state index < -0.39 is 52.1 Å². The number of aromatic nitrogens is 1. The monoisotopic (exact) mass is 850 g/mol. The fourth-order valence-electron chi connectivity index (χ4n) is 14.6. The van der Waals surface area contributed by atoms with Crippen molar-refractivity contribution < 1.29 is 38.9 Å². The van der Waals surface area contributed by atoms with Crippen LogP contribution in [0.2, 0.25) is 0 Å². The Morgan fingerprint density at radius 3 is 2.22 bits per heavy atom. The van der Waals surface area contributed by atoms with E-state index in [2.05, 4.69) is 64.1 Å². The van der Waals surface area contributed by atoms with Crippen LogP contribution in [0.1, 0.15) is 151 Å². The molecule has 332 valence electrons. The Kier molecular flexibility index (Phi) is 10.9. The highest BCUT2D eigenvalue weighted by molar-refractivity contribution is 7.13. The number of aliphatic hydroxyl groups excluding tert-OH is 1. The maximum absolute atomic E-state index is 14.2. The number of carbonyl (C=O) groups is 5. The molecule has 0 radical (unpaired) electrons. The van der Waals surface area contributed by atoms with Crippen LogP contribution < -0.4 is 16.4 Å². The molecule has 0 unspecified atom stereocenters. The molecule has 60 heavy (non-hydrogen) atoms. The zero-order valence-corrected chi connectivity index (χ0v) is 38.6. The summed E-state index contributed by atoms with van der Waals surface area (Å²) in [6.45, 7) is 23.1. The van der Waals surface area contributed by atoms with Gasteiger partial charge >= 0.3 is 11.9 Å². The minimum atomic E-state index is -1.30. The third kappa shape index (κ3) is 6.50. The molecular weight excluding hydrogens is 781 g/mol. The van der Waals surface area contributed by atoms with Crippen LogP contribution in [0.15, 0.2) is 16.5 Å². The number of amides is 2. The molecule has 1 heterocycles. The number of allylic oxidation sites excluding steroid dienone is 1. The minimum Gasteiger partial charge on any atom is -0.481 e. The van der Waals surface area contributed by atoms with Crippen molar-refractivity contribution in [2.45, 2.75) is 158 Å². The van der Waals surface area contributed by atoms with Crippen molar-refractivity contribution in [1.29, 1.82) is 0 Å². The Balaban J connectivity index is 1.10. The first kappa shape index (κ1) is 44.7. The van der Waals surface area contributed by atoms with E-state index in [0.29, 0.717) is 24.7 Å². The maximum Gasteiger partial charge on any atom is 0.309 e. The Labute approximate surface area is 360 Å². The number of rotatable bonds is 10. The van der Waals surface area contributed by atoms with Crippen molar-refractivity contribution in [2.75, 3.05) is 12.3 Å². The number of aliphatic hydroxyl groups is 1. The van der Waals surface area contributed by atoms with Crippen LogP contribution in [0.3, 0.4) is 0 Å². The van der Waals surface area contributed by atoms with Gasteiger partial charge in [0.1, 0.15) is 17.3 Å². The number of fused-ring (bicyclic) bond motifs is 7. The van der Waals surface area contributed by atoms with Crippen molar-refractivity contribution >= 4 is 46.0 Å². The number of carboxylic acids is 1. The van der Waals surface area contributed by atoms with Gasteiger partial charge in [-0.2, -0.15) is 0 Å². The number of hydrogen-bond acceptors (Lipinski definition) is 10. The summed E-state index contributed by atoms with van der Waals surface area (Å²) in [6.07, 6.45) is 6.47. The lowest BCUT2D eigenvalue weighted by molar-refractivity contribution is -0.238. The van der Waals surface area contributed by atoms with E-state index in [9.17, 15) is 34.2 Å². The number of nitrogens with one attached hydrogen (secondary N) is 2. The minimum absolute atomic E-state index is 0.00489. The number of ketones is 1. The van der Waals surface area contributed by atoms with Crippen LogP contribution >= 0.6 is 11.3 Å². The largest absolute Gasteiger partial charge is 0.481 e. The van der Waals surface area contributed by atoms with Gasteiger partial charge in [-0.3, -0.25) is 24.0 Å². The summed E-state index contributed by atoms with van der Waals surface area (Å²) in [5.74, 6) is -2.08. The molecule has 11 atom stereocenters. The van der Waals surface area contributed by atoms with Gasteiger partial charge in [0, 0.05) is 29.2 Å². The first-order chi connectivity index (χ1) is 27.7. The zero-order chi connectivity index (χ0) is 44.3. The van der Waals surface area contributed by atoms with Crippen LogP contribution in [0.4, 0.5) is 5.13 Å². The first-order valence-corrected chi connectivity index (χ1v) is 23.3. The van der Waals surface area contributed by atoms with Gasteiger partial charge in [-0.05, 0) is 123 Å². The number of anilines is 1. The first-order valence-electron chi connectivity index (χ1n) is 22.4. The number of ether oxygens (including phenoxy) is 1. The Morgan fingerprint density at radius 2 is 1.62 bits per heavy atom. The summed E-state index contributed by atoms with van der Waals surface area (Å²) in [7, 11) is 0. The fraction of sp³-hybridized carbons (Fsp3) is 0.787. The molecule has 6 aliphatic rings. The number of carboxylic acid groups (broad SMARTS) is 1. The highest BCUT2D eigenvalue weighted by Gasteiger charge is 2.71. The number of esters is 1. The number of nitrogens with two attached hydrogens (primary N) is 1. The van der Waals surface area contributed by atoms with E-state index in [1.165, 1.54) is 0 Å². The number of carbonyl (C=O) groups excluding carboxylic acids is 4. The summed E-state index contributed by atoms with van der Waals surface area (Å²) >= 11 is 1.14. The third-order valence-electron chi connectivity index (χ3n) is 18.4. The highest BCUT2D eigenvalue weighted by Crippen LogP contribution is 2.77. The predicted molar refractivity (Wildman–Crippen MR) is 229 cm³/mol. The van der Waals surface area contributed by atoms with Crippen molar-refractivity contribution in [3.63, 3.8) is 0 Å². The van der Waals surface area contributed by atoms with E-state index in [1.54, 1.807) is 19.2 Å². The molecule has 5 saturated carbocycles. The highest BCUT2D eigenvalue weighted by atomic mass is 32.1. The standard InChI is InChI=1S/C47H70N4O8S/c1-24(2)34-29(52)21-47(32(53)22-49-39(58)43(7,8)51-36(54)28-23-60-40(48)50-28)19-18-45(10)25(35(34)47)12-13-31-44(9)16-15-33(42(5,6)30(44)14-17-46(31,45)11)59-38(57)27-20-26(37(55)56)41(27,3)4/h23-27,30-33,53H,12-22H2,1-11H3,(H2,48,50)(H,49,58)(H,51,54)(H,55,56)/t25-,26+,27-,30+,31-,32+,33+,44+,45-,46-,47+/m1/s1. The molecule has 6 N–H and O–H groups in total. The van der Waals surface area contributed by atoms with E-state index >= 15 is 0 Å². The number of aliphatic carboxylic acids is 1. The van der Waals surface area contributed by atoms with Gasteiger partial charge in [0.2, 0.25) is 5.91 Å². The lowest BCUT2D eigenvalue weighted by Crippen LogP contribution is -2.66. The molecule has 0 saturated heterocycles.